The summed E-state index contributed by atoms with van der Waals surface area (Å²) in [4.78, 5) is 7.02. The summed E-state index contributed by atoms with van der Waals surface area (Å²) in [6.07, 6.45) is 6.06. The Morgan fingerprint density at radius 3 is 1.88 bits per heavy atom. The quantitative estimate of drug-likeness (QED) is 0.126. The number of halogens is 2. The van der Waals surface area contributed by atoms with E-state index in [2.05, 4.69) is 0 Å². The highest BCUT2D eigenvalue weighted by Gasteiger charge is 2.20. The number of benzene rings is 3. The van der Waals surface area contributed by atoms with Crippen LogP contribution in [-0.2, 0) is 0 Å². The minimum atomic E-state index is -0.236. The summed E-state index contributed by atoms with van der Waals surface area (Å²) in [5.74, 6) is 1.39. The molecule has 0 amide bonds. The minimum Gasteiger partial charge on any atom is -0.247 e. The molecule has 172 valence electrons. The highest BCUT2D eigenvalue weighted by molar-refractivity contribution is 8.17. The number of thioether (sulfide) groups is 3. The molecule has 0 bridgehead atoms. The average Bonchev–Trinajstić information content (AvgIpc) is 3.35. The van der Waals surface area contributed by atoms with Gasteiger partial charge in [0.05, 0.1) is 15.3 Å². The largest absolute Gasteiger partial charge is 0.247 e. The number of nitrogens with zero attached hydrogens (tertiary/aromatic N) is 1. The normalized spacial score (nSPS) is 14.8. The lowest BCUT2D eigenvalue weighted by molar-refractivity contribution is 0.624. The molecule has 1 saturated carbocycles. The van der Waals surface area contributed by atoms with Crippen molar-refractivity contribution < 1.29 is 8.78 Å². The van der Waals surface area contributed by atoms with E-state index < -0.39 is 0 Å². The van der Waals surface area contributed by atoms with Crippen LogP contribution < -0.4 is 0 Å². The average molecular weight is 500 g/mol. The summed E-state index contributed by atoms with van der Waals surface area (Å²) in [6, 6.07) is 23.3. The first-order valence-electron chi connectivity index (χ1n) is 11.2. The second-order valence-electron chi connectivity index (χ2n) is 8.08. The van der Waals surface area contributed by atoms with Crippen LogP contribution >= 0.6 is 35.3 Å². The molecule has 3 aromatic carbocycles. The molecule has 0 N–H and O–H groups in total. The predicted octanol–water partition coefficient (Wildman–Crippen LogP) is 9.22. The maximum Gasteiger partial charge on any atom is 0.123 e. The van der Waals surface area contributed by atoms with Gasteiger partial charge in [-0.05, 0) is 79.4 Å². The third kappa shape index (κ3) is 8.20. The van der Waals surface area contributed by atoms with Gasteiger partial charge in [-0.25, -0.2) is 13.8 Å². The molecule has 6 heteroatoms. The predicted molar refractivity (Wildman–Crippen MR) is 141 cm³/mol. The Balaban J connectivity index is 1.54. The van der Waals surface area contributed by atoms with Crippen molar-refractivity contribution >= 4 is 46.0 Å². The molecule has 0 aliphatic heterocycles. The van der Waals surface area contributed by atoms with Gasteiger partial charge in [0, 0.05) is 22.0 Å². The monoisotopic (exact) mass is 499 g/mol. The molecule has 0 radical (unpaired) electrons. The van der Waals surface area contributed by atoms with Gasteiger partial charge < -0.3 is 0 Å². The number of para-hydroxylation sites is 1. The third-order valence-corrected chi connectivity index (χ3v) is 9.23. The van der Waals surface area contributed by atoms with Crippen molar-refractivity contribution in [2.24, 2.45) is 10.9 Å². The number of hydrogen-bond donors (Lipinski definition) is 0. The van der Waals surface area contributed by atoms with Gasteiger partial charge in [-0.15, -0.1) is 35.3 Å². The highest BCUT2D eigenvalue weighted by atomic mass is 32.2. The van der Waals surface area contributed by atoms with E-state index in [4.69, 9.17) is 4.99 Å². The second kappa shape index (κ2) is 12.6. The maximum atomic E-state index is 13.4. The lowest BCUT2D eigenvalue weighted by Gasteiger charge is -2.19. The Kier molecular flexibility index (Phi) is 9.33. The molecule has 3 aromatic rings. The molecule has 0 atom stereocenters. The van der Waals surface area contributed by atoms with Crippen LogP contribution in [0, 0.1) is 17.6 Å². The fourth-order valence-corrected chi connectivity index (χ4v) is 7.72. The zero-order valence-electron chi connectivity index (χ0n) is 18.3. The van der Waals surface area contributed by atoms with Crippen LogP contribution in [0.25, 0.3) is 0 Å². The van der Waals surface area contributed by atoms with E-state index in [0.29, 0.717) is 0 Å². The SMILES string of the molecule is Fc1ccc(SC(CC(=Nc2ccccc2)SCC2CCCC2)Sc2ccc(F)cc2)cc1. The van der Waals surface area contributed by atoms with Gasteiger partial charge in [-0.2, -0.15) is 0 Å². The van der Waals surface area contributed by atoms with Gasteiger partial charge in [0.1, 0.15) is 11.6 Å². The molecule has 0 heterocycles. The Bertz CT molecular complexity index is 970. The summed E-state index contributed by atoms with van der Waals surface area (Å²) in [7, 11) is 0. The molecule has 0 saturated heterocycles. The Hall–Kier alpha value is -1.76. The van der Waals surface area contributed by atoms with Crippen LogP contribution in [0.3, 0.4) is 0 Å². The van der Waals surface area contributed by atoms with Crippen LogP contribution in [0.15, 0.2) is 93.6 Å². The van der Waals surface area contributed by atoms with E-state index >= 15 is 0 Å². The molecule has 1 aliphatic rings. The fraction of sp³-hybridized carbons (Fsp3) is 0.296. The first-order valence-corrected chi connectivity index (χ1v) is 14.0. The Morgan fingerprint density at radius 2 is 1.33 bits per heavy atom. The number of rotatable bonds is 9. The van der Waals surface area contributed by atoms with Crippen molar-refractivity contribution in [3.05, 3.63) is 90.5 Å². The van der Waals surface area contributed by atoms with Crippen LogP contribution in [0.4, 0.5) is 14.5 Å². The van der Waals surface area contributed by atoms with Crippen molar-refractivity contribution in [1.29, 1.82) is 0 Å². The first kappa shape index (κ1) is 24.4. The molecule has 1 aliphatic carbocycles. The summed E-state index contributed by atoms with van der Waals surface area (Å²) in [5.41, 5.74) is 0.962. The summed E-state index contributed by atoms with van der Waals surface area (Å²) >= 11 is 5.27. The second-order valence-corrected chi connectivity index (χ2v) is 12.0. The summed E-state index contributed by atoms with van der Waals surface area (Å²) in [6.45, 7) is 0. The van der Waals surface area contributed by atoms with Gasteiger partial charge in [-0.1, -0.05) is 31.0 Å². The van der Waals surface area contributed by atoms with E-state index in [1.165, 1.54) is 49.9 Å². The van der Waals surface area contributed by atoms with Crippen LogP contribution in [-0.4, -0.2) is 15.4 Å². The van der Waals surface area contributed by atoms with E-state index in [9.17, 15) is 8.78 Å². The zero-order valence-corrected chi connectivity index (χ0v) is 20.8. The Morgan fingerprint density at radius 1 is 0.788 bits per heavy atom. The lowest BCUT2D eigenvalue weighted by Crippen LogP contribution is -2.08. The van der Waals surface area contributed by atoms with Crippen LogP contribution in [0.5, 0.6) is 0 Å². The number of aliphatic imine (C=N–C) groups is 1. The molecule has 0 aromatic heterocycles. The maximum absolute atomic E-state index is 13.4. The number of hydrogen-bond acceptors (Lipinski definition) is 4. The van der Waals surface area contributed by atoms with Gasteiger partial charge in [-0.3, -0.25) is 0 Å². The lowest BCUT2D eigenvalue weighted by atomic mass is 10.1. The first-order chi connectivity index (χ1) is 16.1. The van der Waals surface area contributed by atoms with Crippen molar-refractivity contribution in [2.75, 3.05) is 5.75 Å². The molecule has 4 rings (SSSR count). The topological polar surface area (TPSA) is 12.4 Å². The van der Waals surface area contributed by atoms with Crippen LogP contribution in [0.2, 0.25) is 0 Å². The molecular formula is C27H27F2NS3. The van der Waals surface area contributed by atoms with Crippen molar-refractivity contribution in [2.45, 2.75) is 46.5 Å². The van der Waals surface area contributed by atoms with Gasteiger partial charge in [0.2, 0.25) is 0 Å². The molecular weight excluding hydrogens is 473 g/mol. The third-order valence-electron chi connectivity index (χ3n) is 5.47. The molecule has 0 spiro atoms. The Labute approximate surface area is 207 Å². The fourth-order valence-electron chi connectivity index (χ4n) is 3.75. The van der Waals surface area contributed by atoms with Crippen molar-refractivity contribution in [3.8, 4) is 0 Å². The molecule has 33 heavy (non-hydrogen) atoms. The van der Waals surface area contributed by atoms with E-state index in [0.717, 1.165) is 38.6 Å². The van der Waals surface area contributed by atoms with Gasteiger partial charge in [0.25, 0.3) is 0 Å². The van der Waals surface area contributed by atoms with E-state index in [1.807, 2.05) is 66.4 Å². The van der Waals surface area contributed by atoms with Crippen molar-refractivity contribution in [3.63, 3.8) is 0 Å². The molecule has 1 nitrogen and oxygen atoms in total. The molecule has 1 fully saturated rings. The van der Waals surface area contributed by atoms with Gasteiger partial charge >= 0.3 is 0 Å². The highest BCUT2D eigenvalue weighted by Crippen LogP contribution is 2.40. The van der Waals surface area contributed by atoms with Crippen LogP contribution in [0.1, 0.15) is 32.1 Å². The summed E-state index contributed by atoms with van der Waals surface area (Å²) in [5, 5.41) is 1.11. The zero-order chi connectivity index (χ0) is 22.9. The molecule has 0 unspecified atom stereocenters. The smallest absolute Gasteiger partial charge is 0.123 e. The van der Waals surface area contributed by atoms with Crippen molar-refractivity contribution in [1.82, 2.24) is 0 Å². The van der Waals surface area contributed by atoms with E-state index in [1.54, 1.807) is 23.5 Å². The standard InChI is InChI=1S/C27H27F2NS3/c28-21-10-14-24(15-11-21)32-27(33-25-16-12-22(29)13-17-25)18-26(30-23-8-2-1-3-9-23)31-19-20-6-4-5-7-20/h1-3,8-17,20,27H,4-7,18-19H2. The minimum absolute atomic E-state index is 0.125. The van der Waals surface area contributed by atoms with E-state index in [-0.39, 0.29) is 16.2 Å². The van der Waals surface area contributed by atoms with Gasteiger partial charge in [0.15, 0.2) is 0 Å². The summed E-state index contributed by atoms with van der Waals surface area (Å²) < 4.78 is 27.0.